The van der Waals surface area contributed by atoms with Crippen LogP contribution >= 0.6 is 0 Å². The minimum Gasteiger partial charge on any atom is -0.497 e. The van der Waals surface area contributed by atoms with Crippen LogP contribution in [0.4, 0.5) is 0 Å². The van der Waals surface area contributed by atoms with Crippen LogP contribution < -0.4 is 20.7 Å². The van der Waals surface area contributed by atoms with Gasteiger partial charge in [-0.15, -0.1) is 0 Å². The Morgan fingerprint density at radius 1 is 0.800 bits per heavy atom. The summed E-state index contributed by atoms with van der Waals surface area (Å²) >= 11 is 0. The summed E-state index contributed by atoms with van der Waals surface area (Å²) in [5.74, 6) is 1.35. The van der Waals surface area contributed by atoms with Gasteiger partial charge in [-0.05, 0) is 41.0 Å². The summed E-state index contributed by atoms with van der Waals surface area (Å²) in [6.07, 6.45) is -3.82. The van der Waals surface area contributed by atoms with Crippen LogP contribution in [0.5, 0.6) is 11.5 Å². The Balaban J connectivity index is 1.56. The first-order chi connectivity index (χ1) is 19.4. The fourth-order valence-electron chi connectivity index (χ4n) is 5.01. The maximum Gasteiger partial charge on any atom is 0.330 e. The highest BCUT2D eigenvalue weighted by Crippen LogP contribution is 2.42. The Hall–Kier alpha value is -4.22. The Morgan fingerprint density at radius 2 is 1.35 bits per heavy atom. The molecule has 1 aromatic heterocycles. The van der Waals surface area contributed by atoms with E-state index in [0.29, 0.717) is 11.5 Å². The first kappa shape index (κ1) is 27.4. The summed E-state index contributed by atoms with van der Waals surface area (Å²) in [7, 11) is 3.18. The van der Waals surface area contributed by atoms with Crippen LogP contribution in [0.1, 0.15) is 22.9 Å². The maximum absolute atomic E-state index is 12.3. The first-order valence-electron chi connectivity index (χ1n) is 12.7. The minimum absolute atomic E-state index is 0.153. The molecule has 0 saturated carbocycles. The van der Waals surface area contributed by atoms with E-state index in [4.69, 9.17) is 18.9 Å². The highest BCUT2D eigenvalue weighted by atomic mass is 16.6. The molecule has 5 rings (SSSR count). The highest BCUT2D eigenvalue weighted by molar-refractivity contribution is 5.49. The number of benzene rings is 3. The zero-order chi connectivity index (χ0) is 28.3. The molecule has 1 saturated heterocycles. The number of aromatic amines is 1. The van der Waals surface area contributed by atoms with Crippen molar-refractivity contribution in [2.45, 2.75) is 30.1 Å². The van der Waals surface area contributed by atoms with Crippen molar-refractivity contribution < 1.29 is 29.2 Å². The molecule has 0 aliphatic carbocycles. The number of nitrogens with one attached hydrogen (secondary N) is 1. The monoisotopic (exact) mass is 546 g/mol. The number of methoxy groups -OCH3 is 2. The molecule has 0 radical (unpaired) electrons. The van der Waals surface area contributed by atoms with E-state index < -0.39 is 41.4 Å². The number of aliphatic hydroxyl groups is 2. The molecule has 0 spiro atoms. The van der Waals surface area contributed by atoms with Crippen LogP contribution in [0, 0.1) is 0 Å². The van der Waals surface area contributed by atoms with Crippen LogP contribution in [-0.4, -0.2) is 58.9 Å². The van der Waals surface area contributed by atoms with Gasteiger partial charge in [-0.1, -0.05) is 54.6 Å². The van der Waals surface area contributed by atoms with Crippen LogP contribution in [0.15, 0.2) is 101 Å². The molecule has 2 heterocycles. The lowest BCUT2D eigenvalue weighted by Crippen LogP contribution is -2.40. The van der Waals surface area contributed by atoms with Crippen molar-refractivity contribution >= 4 is 0 Å². The van der Waals surface area contributed by atoms with Gasteiger partial charge in [0.05, 0.1) is 20.8 Å². The van der Waals surface area contributed by atoms with Gasteiger partial charge in [0, 0.05) is 12.3 Å². The van der Waals surface area contributed by atoms with Crippen LogP contribution in [0.3, 0.4) is 0 Å². The fourth-order valence-corrected chi connectivity index (χ4v) is 5.01. The predicted molar refractivity (Wildman–Crippen MR) is 146 cm³/mol. The molecule has 0 amide bonds. The molecule has 208 valence electrons. The molecule has 4 atom stereocenters. The fraction of sp³-hybridized carbons (Fsp3) is 0.267. The predicted octanol–water partition coefficient (Wildman–Crippen LogP) is 2.18. The highest BCUT2D eigenvalue weighted by Gasteiger charge is 2.46. The minimum atomic E-state index is -1.44. The van der Waals surface area contributed by atoms with Gasteiger partial charge in [0.15, 0.2) is 6.23 Å². The van der Waals surface area contributed by atoms with Gasteiger partial charge in [0.2, 0.25) is 0 Å². The van der Waals surface area contributed by atoms with Gasteiger partial charge in [0.1, 0.15) is 35.4 Å². The summed E-state index contributed by atoms with van der Waals surface area (Å²) in [5.41, 5.74) is -0.133. The quantitative estimate of drug-likeness (QED) is 0.272. The molecule has 10 heteroatoms. The normalized spacial score (nSPS) is 20.8. The molecule has 40 heavy (non-hydrogen) atoms. The standard InChI is InChI=1S/C30H30N2O8/c1-37-22-12-8-20(9-13-22)30(19-6-4-3-5-7-19,21-10-14-23(38-2)15-11-21)39-18-24-26(34)27(35)28(40-24)32-17-16-25(33)31-29(32)36/h3-17,24,26-28,34-35H,18H2,1-2H3,(H,31,33,36)/t24-,26+,27?,28-/m1/s1. The van der Waals surface area contributed by atoms with Crippen molar-refractivity contribution in [3.05, 3.63) is 129 Å². The lowest BCUT2D eigenvalue weighted by Gasteiger charge is -2.37. The van der Waals surface area contributed by atoms with Gasteiger partial charge in [-0.2, -0.15) is 0 Å². The van der Waals surface area contributed by atoms with Crippen LogP contribution in [0.25, 0.3) is 0 Å². The molecule has 4 aromatic rings. The number of aliphatic hydroxyl groups excluding tert-OH is 2. The van der Waals surface area contributed by atoms with E-state index in [1.165, 1.54) is 6.20 Å². The summed E-state index contributed by atoms with van der Waals surface area (Å²) in [4.78, 5) is 26.0. The molecular formula is C30H30N2O8. The molecule has 1 aliphatic rings. The van der Waals surface area contributed by atoms with E-state index in [9.17, 15) is 19.8 Å². The summed E-state index contributed by atoms with van der Waals surface area (Å²) < 4.78 is 24.5. The van der Waals surface area contributed by atoms with E-state index >= 15 is 0 Å². The van der Waals surface area contributed by atoms with Crippen LogP contribution in [-0.2, 0) is 15.1 Å². The Labute approximate surface area is 230 Å². The second-order valence-electron chi connectivity index (χ2n) is 9.38. The SMILES string of the molecule is COc1ccc(C(OC[C@H]2O[C@@H](n3ccc(=O)[nH]c3=O)C(O)[C@H]2O)(c2ccccc2)c2ccc(OC)cc2)cc1. The molecular weight excluding hydrogens is 516 g/mol. The zero-order valence-corrected chi connectivity index (χ0v) is 22.0. The third kappa shape index (κ3) is 5.05. The smallest absolute Gasteiger partial charge is 0.330 e. The number of hydrogen-bond donors (Lipinski definition) is 3. The number of aromatic nitrogens is 2. The molecule has 1 unspecified atom stereocenters. The lowest BCUT2D eigenvalue weighted by molar-refractivity contribution is -0.0958. The molecule has 1 aliphatic heterocycles. The second-order valence-corrected chi connectivity index (χ2v) is 9.38. The van der Waals surface area contributed by atoms with Crippen LogP contribution in [0.2, 0.25) is 0 Å². The Morgan fingerprint density at radius 3 is 1.88 bits per heavy atom. The van der Waals surface area contributed by atoms with E-state index in [-0.39, 0.29) is 6.61 Å². The average molecular weight is 547 g/mol. The van der Waals surface area contributed by atoms with Crippen molar-refractivity contribution in [1.29, 1.82) is 0 Å². The number of hydrogen-bond acceptors (Lipinski definition) is 8. The number of H-pyrrole nitrogens is 1. The number of rotatable bonds is 9. The maximum atomic E-state index is 12.3. The molecule has 10 nitrogen and oxygen atoms in total. The van der Waals surface area contributed by atoms with E-state index in [1.54, 1.807) is 14.2 Å². The average Bonchev–Trinajstić information content (AvgIpc) is 3.27. The lowest BCUT2D eigenvalue weighted by atomic mass is 9.80. The summed E-state index contributed by atoms with van der Waals surface area (Å²) in [6, 6.07) is 25.7. The van der Waals surface area contributed by atoms with Gasteiger partial charge >= 0.3 is 5.69 Å². The largest absolute Gasteiger partial charge is 0.497 e. The Kier molecular flexibility index (Phi) is 7.85. The van der Waals surface area contributed by atoms with Crippen molar-refractivity contribution in [1.82, 2.24) is 9.55 Å². The summed E-state index contributed by atoms with van der Waals surface area (Å²) in [6.45, 7) is -0.153. The van der Waals surface area contributed by atoms with E-state index in [0.717, 1.165) is 27.3 Å². The number of ether oxygens (including phenoxy) is 4. The second kappa shape index (κ2) is 11.5. The molecule has 0 bridgehead atoms. The topological polar surface area (TPSA) is 132 Å². The third-order valence-electron chi connectivity index (χ3n) is 7.10. The molecule has 3 aromatic carbocycles. The summed E-state index contributed by atoms with van der Waals surface area (Å²) in [5, 5.41) is 21.7. The molecule has 3 N–H and O–H groups in total. The number of nitrogens with zero attached hydrogens (tertiary/aromatic N) is 1. The molecule has 1 fully saturated rings. The van der Waals surface area contributed by atoms with Gasteiger partial charge in [-0.3, -0.25) is 14.3 Å². The third-order valence-corrected chi connectivity index (χ3v) is 7.10. The van der Waals surface area contributed by atoms with Gasteiger partial charge in [-0.25, -0.2) is 4.79 Å². The van der Waals surface area contributed by atoms with Crippen molar-refractivity contribution in [2.75, 3.05) is 20.8 Å². The van der Waals surface area contributed by atoms with Gasteiger partial charge < -0.3 is 29.2 Å². The first-order valence-corrected chi connectivity index (χ1v) is 12.7. The van der Waals surface area contributed by atoms with Crippen molar-refractivity contribution in [2.24, 2.45) is 0 Å². The van der Waals surface area contributed by atoms with Crippen molar-refractivity contribution in [3.8, 4) is 11.5 Å². The van der Waals surface area contributed by atoms with E-state index in [1.807, 2.05) is 78.9 Å². The van der Waals surface area contributed by atoms with Gasteiger partial charge in [0.25, 0.3) is 5.56 Å². The Bertz CT molecular complexity index is 1490. The zero-order valence-electron chi connectivity index (χ0n) is 22.0. The van der Waals surface area contributed by atoms with E-state index in [2.05, 4.69) is 4.98 Å². The van der Waals surface area contributed by atoms with Crippen molar-refractivity contribution in [3.63, 3.8) is 0 Å².